The maximum atomic E-state index is 12.3. The quantitative estimate of drug-likeness (QED) is 0.769. The van der Waals surface area contributed by atoms with Crippen molar-refractivity contribution in [3.63, 3.8) is 0 Å². The van der Waals surface area contributed by atoms with E-state index in [-0.39, 0.29) is 18.0 Å². The first-order valence-electron chi connectivity index (χ1n) is 6.57. The van der Waals surface area contributed by atoms with Gasteiger partial charge in [0.1, 0.15) is 6.10 Å². The number of amides is 1. The van der Waals surface area contributed by atoms with Gasteiger partial charge in [-0.1, -0.05) is 6.07 Å². The van der Waals surface area contributed by atoms with Crippen LogP contribution in [-0.4, -0.2) is 36.0 Å². The third-order valence-corrected chi connectivity index (χ3v) is 3.30. The number of hydrogen-bond acceptors (Lipinski definition) is 4. The van der Waals surface area contributed by atoms with Crippen molar-refractivity contribution < 1.29 is 14.3 Å². The van der Waals surface area contributed by atoms with E-state index in [4.69, 9.17) is 10.00 Å². The van der Waals surface area contributed by atoms with Crippen LogP contribution in [0.1, 0.15) is 35.7 Å². The number of carbonyl (C=O) groups is 2. The van der Waals surface area contributed by atoms with Crippen LogP contribution in [0.15, 0.2) is 24.3 Å². The van der Waals surface area contributed by atoms with E-state index in [9.17, 15) is 9.59 Å². The van der Waals surface area contributed by atoms with Gasteiger partial charge >= 0.3 is 5.97 Å². The van der Waals surface area contributed by atoms with Crippen molar-refractivity contribution in [3.05, 3.63) is 35.4 Å². The number of nitrogens with zero attached hydrogens (tertiary/aromatic N) is 2. The first-order chi connectivity index (χ1) is 9.60. The molecule has 0 unspecified atom stereocenters. The number of rotatable bonds is 2. The summed E-state index contributed by atoms with van der Waals surface area (Å²) in [5, 5.41) is 8.85. The van der Waals surface area contributed by atoms with Gasteiger partial charge in [0.05, 0.1) is 11.6 Å². The highest BCUT2D eigenvalue weighted by Gasteiger charge is 2.25. The van der Waals surface area contributed by atoms with E-state index in [1.165, 1.54) is 6.92 Å². The van der Waals surface area contributed by atoms with Gasteiger partial charge in [0, 0.05) is 38.4 Å². The molecule has 1 saturated heterocycles. The second-order valence-corrected chi connectivity index (χ2v) is 4.79. The largest absolute Gasteiger partial charge is 0.462 e. The Bertz CT molecular complexity index is 554. The average Bonchev–Trinajstić information content (AvgIpc) is 2.47. The Kier molecular flexibility index (Phi) is 4.36. The van der Waals surface area contributed by atoms with E-state index in [0.717, 1.165) is 0 Å². The number of esters is 1. The Balaban J connectivity index is 1.98. The minimum Gasteiger partial charge on any atom is -0.462 e. The molecule has 2 rings (SSSR count). The molecule has 0 aromatic heterocycles. The fourth-order valence-corrected chi connectivity index (χ4v) is 2.32. The first kappa shape index (κ1) is 14.1. The number of hydrogen-bond donors (Lipinski definition) is 0. The minimum atomic E-state index is -0.281. The van der Waals surface area contributed by atoms with Crippen LogP contribution in [0.5, 0.6) is 0 Å². The zero-order valence-electron chi connectivity index (χ0n) is 11.3. The number of ether oxygens (including phenoxy) is 1. The smallest absolute Gasteiger partial charge is 0.302 e. The summed E-state index contributed by atoms with van der Waals surface area (Å²) in [5.41, 5.74) is 1.00. The second kappa shape index (κ2) is 6.20. The number of nitriles is 1. The zero-order valence-corrected chi connectivity index (χ0v) is 11.3. The molecule has 1 aromatic carbocycles. The van der Waals surface area contributed by atoms with Crippen molar-refractivity contribution in [2.24, 2.45) is 0 Å². The highest BCUT2D eigenvalue weighted by Crippen LogP contribution is 2.17. The van der Waals surface area contributed by atoms with Crippen molar-refractivity contribution in [1.82, 2.24) is 4.90 Å². The molecule has 1 aliphatic heterocycles. The molecule has 1 aromatic rings. The monoisotopic (exact) mass is 272 g/mol. The van der Waals surface area contributed by atoms with Gasteiger partial charge in [0.25, 0.3) is 5.91 Å². The molecule has 1 aliphatic rings. The molecule has 5 nitrogen and oxygen atoms in total. The summed E-state index contributed by atoms with van der Waals surface area (Å²) in [5.74, 6) is -0.361. The van der Waals surface area contributed by atoms with E-state index in [0.29, 0.717) is 37.1 Å². The fraction of sp³-hybridized carbons (Fsp3) is 0.400. The van der Waals surface area contributed by atoms with Crippen LogP contribution in [0.2, 0.25) is 0 Å². The molecule has 0 atom stereocenters. The van der Waals surface area contributed by atoms with Crippen LogP contribution in [0.4, 0.5) is 0 Å². The summed E-state index contributed by atoms with van der Waals surface area (Å²) in [6, 6.07) is 8.71. The third kappa shape index (κ3) is 3.35. The summed E-state index contributed by atoms with van der Waals surface area (Å²) in [6.45, 7) is 2.52. The van der Waals surface area contributed by atoms with Crippen molar-refractivity contribution in [3.8, 4) is 6.07 Å². The molecule has 104 valence electrons. The lowest BCUT2D eigenvalue weighted by atomic mass is 10.1. The standard InChI is InChI=1S/C15H16N2O3/c1-11(18)20-14-5-7-17(8-6-14)15(19)13-4-2-3-12(9-13)10-16/h2-4,9,14H,5-8H2,1H3. The topological polar surface area (TPSA) is 70.4 Å². The highest BCUT2D eigenvalue weighted by molar-refractivity contribution is 5.94. The molecule has 0 spiro atoms. The van der Waals surface area contributed by atoms with E-state index >= 15 is 0 Å². The predicted molar refractivity (Wildman–Crippen MR) is 71.8 cm³/mol. The molecular formula is C15H16N2O3. The van der Waals surface area contributed by atoms with Gasteiger partial charge in [-0.15, -0.1) is 0 Å². The van der Waals surface area contributed by atoms with E-state index in [2.05, 4.69) is 0 Å². The molecule has 1 fully saturated rings. The fourth-order valence-electron chi connectivity index (χ4n) is 2.32. The van der Waals surface area contributed by atoms with Crippen LogP contribution < -0.4 is 0 Å². The molecule has 0 N–H and O–H groups in total. The summed E-state index contributed by atoms with van der Waals surface area (Å²) >= 11 is 0. The van der Waals surface area contributed by atoms with Gasteiger partial charge in [0.2, 0.25) is 0 Å². The number of benzene rings is 1. The van der Waals surface area contributed by atoms with Gasteiger partial charge in [-0.3, -0.25) is 9.59 Å². The van der Waals surface area contributed by atoms with Crippen LogP contribution >= 0.6 is 0 Å². The lowest BCUT2D eigenvalue weighted by molar-refractivity contribution is -0.148. The molecule has 1 heterocycles. The Hall–Kier alpha value is -2.35. The Labute approximate surface area is 117 Å². The highest BCUT2D eigenvalue weighted by atomic mass is 16.5. The van der Waals surface area contributed by atoms with Crippen LogP contribution in [0, 0.1) is 11.3 Å². The van der Waals surface area contributed by atoms with Crippen LogP contribution in [0.25, 0.3) is 0 Å². The molecule has 0 bridgehead atoms. The maximum Gasteiger partial charge on any atom is 0.302 e. The first-order valence-corrected chi connectivity index (χ1v) is 6.57. The molecule has 20 heavy (non-hydrogen) atoms. The predicted octanol–water partition coefficient (Wildman–Crippen LogP) is 1.73. The lowest BCUT2D eigenvalue weighted by Crippen LogP contribution is -2.41. The van der Waals surface area contributed by atoms with Crippen molar-refractivity contribution in [1.29, 1.82) is 5.26 Å². The Morgan fingerprint density at radius 2 is 2.05 bits per heavy atom. The van der Waals surface area contributed by atoms with E-state index < -0.39 is 0 Å². The summed E-state index contributed by atoms with van der Waals surface area (Å²) in [4.78, 5) is 24.9. The molecular weight excluding hydrogens is 256 g/mol. The van der Waals surface area contributed by atoms with Crippen LogP contribution in [-0.2, 0) is 9.53 Å². The summed E-state index contributed by atoms with van der Waals surface area (Å²) < 4.78 is 5.14. The van der Waals surface area contributed by atoms with Crippen molar-refractivity contribution in [2.75, 3.05) is 13.1 Å². The van der Waals surface area contributed by atoms with Gasteiger partial charge in [-0.25, -0.2) is 0 Å². The zero-order chi connectivity index (χ0) is 14.5. The van der Waals surface area contributed by atoms with Crippen LogP contribution in [0.3, 0.4) is 0 Å². The number of likely N-dealkylation sites (tertiary alicyclic amines) is 1. The third-order valence-electron chi connectivity index (χ3n) is 3.30. The normalized spacial score (nSPS) is 15.5. The summed E-state index contributed by atoms with van der Waals surface area (Å²) in [6.07, 6.45) is 1.22. The minimum absolute atomic E-state index is 0.0802. The van der Waals surface area contributed by atoms with Crippen molar-refractivity contribution in [2.45, 2.75) is 25.9 Å². The molecule has 1 amide bonds. The van der Waals surface area contributed by atoms with Gasteiger partial charge < -0.3 is 9.64 Å². The molecule has 0 saturated carbocycles. The maximum absolute atomic E-state index is 12.3. The lowest BCUT2D eigenvalue weighted by Gasteiger charge is -2.31. The van der Waals surface area contributed by atoms with E-state index in [1.54, 1.807) is 29.2 Å². The van der Waals surface area contributed by atoms with Gasteiger partial charge in [-0.2, -0.15) is 5.26 Å². The van der Waals surface area contributed by atoms with Gasteiger partial charge in [0.15, 0.2) is 0 Å². The molecule has 5 heteroatoms. The molecule has 0 aliphatic carbocycles. The average molecular weight is 272 g/mol. The number of piperidine rings is 1. The van der Waals surface area contributed by atoms with Crippen molar-refractivity contribution >= 4 is 11.9 Å². The van der Waals surface area contributed by atoms with E-state index in [1.807, 2.05) is 6.07 Å². The Morgan fingerprint density at radius 3 is 2.65 bits per heavy atom. The second-order valence-electron chi connectivity index (χ2n) is 4.79. The molecule has 0 radical (unpaired) electrons. The SMILES string of the molecule is CC(=O)OC1CCN(C(=O)c2cccc(C#N)c2)CC1. The summed E-state index contributed by atoms with van der Waals surface area (Å²) in [7, 11) is 0. The van der Waals surface area contributed by atoms with Gasteiger partial charge in [-0.05, 0) is 18.2 Å². The number of carbonyl (C=O) groups excluding carboxylic acids is 2. The Morgan fingerprint density at radius 1 is 1.35 bits per heavy atom.